The summed E-state index contributed by atoms with van der Waals surface area (Å²) < 4.78 is 111. The molecular formula is C40H31I2N9Na4O17S5Y. The van der Waals surface area contributed by atoms with Crippen molar-refractivity contribution in [1.29, 1.82) is 0.594 Å². The van der Waals surface area contributed by atoms with Crippen LogP contribution >= 0.6 is 61.1 Å². The minimum Gasteiger partial charge on any atom is 0 e. The van der Waals surface area contributed by atoms with Crippen molar-refractivity contribution in [3.05, 3.63) is 127 Å². The number of phenolic OH excluding ortho intramolecular Hbond substituents is 1. The quantitative estimate of drug-likeness (QED) is 0.00618. The molecule has 1 aromatic heterocycles. The number of hydrogen-bond acceptors (Lipinski definition) is 27. The fourth-order valence-electron chi connectivity index (χ4n) is 6.08. The summed E-state index contributed by atoms with van der Waals surface area (Å²) in [5.74, 6) is -1.95. The van der Waals surface area contributed by atoms with Gasteiger partial charge < -0.3 is 46.0 Å². The maximum atomic E-state index is 13.0. The van der Waals surface area contributed by atoms with E-state index in [1.165, 1.54) is 72.8 Å². The summed E-state index contributed by atoms with van der Waals surface area (Å²) in [6.07, 6.45) is 0. The molecule has 26 nitrogen and oxygen atoms in total. The smallest absolute Gasteiger partial charge is 0 e. The molecule has 0 spiro atoms. The molecule has 0 saturated carbocycles. The first kappa shape index (κ1) is 73.7. The van der Waals surface area contributed by atoms with Crippen molar-refractivity contribution in [2.24, 2.45) is 10.2 Å². The number of aromatic nitrogens is 3. The molecule has 0 bridgehead atoms. The van der Waals surface area contributed by atoms with E-state index in [1.807, 2.05) is 0 Å². The van der Waals surface area contributed by atoms with Crippen LogP contribution in [0, 0.1) is 0 Å². The topological polar surface area (TPSA) is 390 Å². The Kier molecular flexibility index (Phi) is 34.5. The van der Waals surface area contributed by atoms with E-state index in [2.05, 4.69) is 88.0 Å². The fraction of sp³-hybridized carbons (Fsp3) is 0.0500. The number of sulfone groups is 1. The first-order valence-corrected chi connectivity index (χ1v) is 32.2. The van der Waals surface area contributed by atoms with Crippen molar-refractivity contribution in [1.82, 2.24) is 15.0 Å². The van der Waals surface area contributed by atoms with Gasteiger partial charge in [-0.25, -0.2) is 25.3 Å². The zero-order chi connectivity index (χ0) is 53.5. The van der Waals surface area contributed by atoms with Crippen LogP contribution in [-0.2, 0) is 86.0 Å². The van der Waals surface area contributed by atoms with Crippen molar-refractivity contribution in [3.63, 3.8) is 0 Å². The number of nitrogens with zero attached hydrogens (tertiary/aromatic N) is 5. The molecule has 0 aliphatic carbocycles. The van der Waals surface area contributed by atoms with E-state index in [9.17, 15) is 54.8 Å². The Morgan fingerprint density at radius 1 is 0.692 bits per heavy atom. The Morgan fingerprint density at radius 2 is 1.23 bits per heavy atom. The number of aromatic hydroxyl groups is 1. The second-order valence-electron chi connectivity index (χ2n) is 13.9. The van der Waals surface area contributed by atoms with Gasteiger partial charge in [-0.05, 0) is 115 Å². The van der Waals surface area contributed by atoms with Crippen molar-refractivity contribution in [2.45, 2.75) is 19.6 Å². The van der Waals surface area contributed by atoms with Gasteiger partial charge in [0, 0.05) is 71.3 Å². The summed E-state index contributed by atoms with van der Waals surface area (Å²) in [5.41, 5.74) is 1.40. The second-order valence-corrected chi connectivity index (χ2v) is 20.0. The second kappa shape index (κ2) is 36.5. The van der Waals surface area contributed by atoms with E-state index in [0.29, 0.717) is 45.7 Å². The molecule has 0 unspecified atom stereocenters. The van der Waals surface area contributed by atoms with Gasteiger partial charge >= 0.3 is 156 Å². The van der Waals surface area contributed by atoms with Gasteiger partial charge in [-0.3, -0.25) is 19.1 Å². The monoisotopic (exact) mass is 1500 g/mol. The van der Waals surface area contributed by atoms with Crippen LogP contribution in [0.25, 0.3) is 10.8 Å². The van der Waals surface area contributed by atoms with Crippen LogP contribution in [0.3, 0.4) is 0 Å². The summed E-state index contributed by atoms with van der Waals surface area (Å²) in [6, 6.07) is 28.4. The molecule has 0 fully saturated rings. The van der Waals surface area contributed by atoms with Crippen LogP contribution in [-0.4, -0.2) is 73.3 Å². The van der Waals surface area contributed by atoms with E-state index in [1.54, 1.807) is 36.4 Å². The Labute approximate surface area is 590 Å². The number of halogens is 2. The Morgan fingerprint density at radius 3 is 1.79 bits per heavy atom. The van der Waals surface area contributed by atoms with Gasteiger partial charge in [0.1, 0.15) is 15.8 Å². The number of nitrogens with one attached hydrogen (secondary N) is 4. The summed E-state index contributed by atoms with van der Waals surface area (Å²) in [5, 5.41) is 60.1. The first-order valence-electron chi connectivity index (χ1n) is 20.0. The van der Waals surface area contributed by atoms with Crippen molar-refractivity contribution in [3.8, 4) is 5.75 Å². The molecule has 7 rings (SSSR count). The molecule has 389 valence electrons. The van der Waals surface area contributed by atoms with Crippen LogP contribution in [0.5, 0.6) is 5.75 Å². The third-order valence-electron chi connectivity index (χ3n) is 9.17. The van der Waals surface area contributed by atoms with E-state index >= 15 is 0 Å². The molecular weight excluding hydrogens is 1470 g/mol. The van der Waals surface area contributed by atoms with E-state index in [4.69, 9.17) is 0.594 Å². The summed E-state index contributed by atoms with van der Waals surface area (Å²) >= 11 is 2.83. The zero-order valence-corrected chi connectivity index (χ0v) is 60.0. The Hall–Kier alpha value is -0.386. The van der Waals surface area contributed by atoms with Gasteiger partial charge in [0.25, 0.3) is 5.91 Å². The molecule has 1 radical (unpaired) electrons. The number of carbonyl (C=O) groups excluding carboxylic acids is 1. The van der Waals surface area contributed by atoms with Crippen molar-refractivity contribution < 1.29 is 229 Å². The molecule has 0 atom stereocenters. The molecule has 38 heteroatoms. The maximum absolute atomic E-state index is 13.0. The molecule has 0 aliphatic rings. The number of phenols is 1. The number of azo groups is 1. The molecule has 6 aromatic carbocycles. The van der Waals surface area contributed by atoms with Crippen LogP contribution in [0.1, 0.15) is 10.4 Å². The summed E-state index contributed by atoms with van der Waals surface area (Å²) in [7, 11) is -13.9. The molecule has 0 aliphatic heterocycles. The number of rotatable bonds is 22. The fourth-order valence-corrected chi connectivity index (χ4v) is 8.99. The van der Waals surface area contributed by atoms with E-state index in [0.717, 1.165) is 12.1 Å². The van der Waals surface area contributed by atoms with Crippen LogP contribution in [0.2, 0.25) is 0 Å². The van der Waals surface area contributed by atoms with Crippen LogP contribution in [0.15, 0.2) is 151 Å². The average Bonchev–Trinajstić information content (AvgIpc) is 3.35. The first-order chi connectivity index (χ1) is 35.3. The molecule has 1 heterocycles. The van der Waals surface area contributed by atoms with E-state index in [-0.39, 0.29) is 236 Å². The normalized spacial score (nSPS) is 11.2. The number of hydrogen-bond donors (Lipinski definition) is 5. The third kappa shape index (κ3) is 23.6. The van der Waals surface area contributed by atoms with Gasteiger partial charge in [-0.1, -0.05) is 12.1 Å². The van der Waals surface area contributed by atoms with Crippen LogP contribution in [0.4, 0.5) is 52.0 Å². The number of fused-ring (bicyclic) bond motifs is 1. The van der Waals surface area contributed by atoms with Crippen molar-refractivity contribution >= 4 is 160 Å². The number of carbonyl (C=O) groups is 1. The summed E-state index contributed by atoms with van der Waals surface area (Å²) in [4.78, 5) is 26.0. The molecule has 1 amide bonds. The molecule has 78 heavy (non-hydrogen) atoms. The number of amides is 1. The summed E-state index contributed by atoms with van der Waals surface area (Å²) in [6.45, 7) is -0.867. The minimum absolute atomic E-state index is 0. The average molecular weight is 1510 g/mol. The van der Waals surface area contributed by atoms with Crippen LogP contribution < -0.4 is 150 Å². The molecule has 7 aromatic rings. The van der Waals surface area contributed by atoms with Gasteiger partial charge in [0.2, 0.25) is 28.2 Å². The number of benzene rings is 6. The predicted molar refractivity (Wildman–Crippen MR) is 276 cm³/mol. The predicted octanol–water partition coefficient (Wildman–Crippen LogP) is -5.51. The van der Waals surface area contributed by atoms with E-state index < -0.39 is 53.5 Å². The van der Waals surface area contributed by atoms with Gasteiger partial charge in [-0.2, -0.15) is 28.7 Å². The molecule has 0 saturated heterocycles. The largest absolute Gasteiger partial charge is 1.00 e. The van der Waals surface area contributed by atoms with Gasteiger partial charge in [0.15, 0.2) is 15.6 Å². The molecule has 5 N–H and O–H groups in total. The van der Waals surface area contributed by atoms with Gasteiger partial charge in [-0.15, -0.1) is 5.11 Å². The maximum Gasteiger partial charge on any atom is 1.00 e. The van der Waals surface area contributed by atoms with Crippen molar-refractivity contribution in [2.75, 3.05) is 33.6 Å². The Balaban J connectivity index is 0.00000381. The number of anilines is 7. The Bertz CT molecular complexity index is 3520. The zero-order valence-electron chi connectivity index (χ0n) is 41.6. The SMILES string of the molecule is O=C(Nc1ccc(S(=O)(=O)CCOS(=O)(=O)[O-])cc1)c1ccc(N=Nc2c(SOO[O-])cc3cc(Nc4nc(Nc5cccc(SOO[O-])c5)nc(Nc5cccc(S(=O)(=O)[O-])c5)n4)ccc3c2O)cc1.[2H][IH]I.[Na+].[Na+].[Na+].[Na+].[Y]. The standard InChI is InChI=1S/C40H33N9O17S5.H2I2.4Na.Y/c50-36-33-16-13-29(44-40-46-38(42-27-3-1-5-30(21-27)67-65-63-52)45-39(47-40)43-28-4-2-6-32(22-28)70(56,57)58)19-24(33)20-34(68-66-64-53)35(36)49-48-26-9-7-23(8-10-26)37(51)41-25-11-14-31(15-12-25)69(54,55)18-17-62-71(59,60)61;1-2;;;;;/h1-16,19-22,50,52-53H,17-18H2,(H,41,51)(H,56,57,58)(H,59,60,61)(H3,42,43,44,45,46,47);1H2;;;;;/q;;4*+1;/p-4/i;1D;;;;;. The minimum atomic E-state index is -5.07. The third-order valence-corrected chi connectivity index (χ3v) is 13.3. The van der Waals surface area contributed by atoms with Gasteiger partial charge in [0.05, 0.1) is 56.8 Å².